The molecule has 0 aromatic heterocycles. The van der Waals surface area contributed by atoms with Crippen molar-refractivity contribution in [3.8, 4) is 6.07 Å². The average Bonchev–Trinajstić information content (AvgIpc) is 2.62. The monoisotopic (exact) mass is 318 g/mol. The molecule has 3 nitrogen and oxygen atoms in total. The maximum Gasteiger partial charge on any atom is 0.0998 e. The molecule has 0 saturated carbocycles. The molecule has 0 radical (unpaired) electrons. The molecule has 0 atom stereocenters. The molecule has 0 bridgehead atoms. The van der Waals surface area contributed by atoms with Crippen LogP contribution in [0.15, 0.2) is 42.5 Å². The van der Waals surface area contributed by atoms with Crippen molar-refractivity contribution >= 4 is 12.2 Å². The third-order valence-corrected chi connectivity index (χ3v) is 4.27. The SMILES string of the molecule is Cc1ccc(C=Cc2ccc(CN3CCOCC3)cc2)c(C#N)c1. The fraction of sp³-hybridized carbons (Fsp3) is 0.286. The summed E-state index contributed by atoms with van der Waals surface area (Å²) >= 11 is 0. The molecule has 0 unspecified atom stereocenters. The van der Waals surface area contributed by atoms with E-state index in [1.165, 1.54) is 5.56 Å². The Kier molecular flexibility index (Phi) is 5.43. The molecule has 3 heteroatoms. The number of nitrogens with zero attached hydrogens (tertiary/aromatic N) is 2. The highest BCUT2D eigenvalue weighted by atomic mass is 16.5. The first-order chi connectivity index (χ1) is 11.7. The van der Waals surface area contributed by atoms with Crippen LogP contribution in [0.3, 0.4) is 0 Å². The number of aryl methyl sites for hydroxylation is 1. The topological polar surface area (TPSA) is 36.3 Å². The van der Waals surface area contributed by atoms with Crippen LogP contribution in [-0.2, 0) is 11.3 Å². The van der Waals surface area contributed by atoms with E-state index in [0.717, 1.165) is 55.1 Å². The van der Waals surface area contributed by atoms with Gasteiger partial charge in [-0.05, 0) is 35.2 Å². The first-order valence-corrected chi connectivity index (χ1v) is 8.32. The molecule has 0 N–H and O–H groups in total. The van der Waals surface area contributed by atoms with Gasteiger partial charge in [0.05, 0.1) is 24.8 Å². The van der Waals surface area contributed by atoms with Gasteiger partial charge >= 0.3 is 0 Å². The zero-order chi connectivity index (χ0) is 16.8. The lowest BCUT2D eigenvalue weighted by Gasteiger charge is -2.26. The van der Waals surface area contributed by atoms with Crippen LogP contribution in [0.4, 0.5) is 0 Å². The second-order valence-corrected chi connectivity index (χ2v) is 6.17. The quantitative estimate of drug-likeness (QED) is 0.803. The molecular weight excluding hydrogens is 296 g/mol. The van der Waals surface area contributed by atoms with Crippen LogP contribution in [0.5, 0.6) is 0 Å². The maximum absolute atomic E-state index is 9.23. The average molecular weight is 318 g/mol. The van der Waals surface area contributed by atoms with Gasteiger partial charge in [0.1, 0.15) is 0 Å². The molecule has 3 rings (SSSR count). The van der Waals surface area contributed by atoms with E-state index in [0.29, 0.717) is 0 Å². The Labute approximate surface area is 143 Å². The van der Waals surface area contributed by atoms with Crippen LogP contribution in [0.1, 0.15) is 27.8 Å². The molecule has 2 aromatic rings. The molecule has 122 valence electrons. The summed E-state index contributed by atoms with van der Waals surface area (Å²) in [6.45, 7) is 6.65. The van der Waals surface area contributed by atoms with Crippen molar-refractivity contribution < 1.29 is 4.74 Å². The molecule has 0 amide bonds. The van der Waals surface area contributed by atoms with E-state index in [-0.39, 0.29) is 0 Å². The highest BCUT2D eigenvalue weighted by Crippen LogP contribution is 2.16. The van der Waals surface area contributed by atoms with Gasteiger partial charge in [-0.1, -0.05) is 48.6 Å². The number of rotatable bonds is 4. The number of nitriles is 1. The van der Waals surface area contributed by atoms with Gasteiger partial charge in [-0.3, -0.25) is 4.90 Å². The summed E-state index contributed by atoms with van der Waals surface area (Å²) in [4.78, 5) is 2.42. The smallest absolute Gasteiger partial charge is 0.0998 e. The van der Waals surface area contributed by atoms with E-state index in [4.69, 9.17) is 4.74 Å². The maximum atomic E-state index is 9.23. The van der Waals surface area contributed by atoms with E-state index in [1.54, 1.807) is 0 Å². The minimum atomic E-state index is 0.718. The van der Waals surface area contributed by atoms with Gasteiger partial charge in [0, 0.05) is 19.6 Å². The van der Waals surface area contributed by atoms with E-state index in [1.807, 2.05) is 31.2 Å². The second kappa shape index (κ2) is 7.92. The molecule has 0 spiro atoms. The Morgan fingerprint density at radius 3 is 2.54 bits per heavy atom. The Hall–Kier alpha value is -2.41. The molecule has 0 aliphatic carbocycles. The summed E-state index contributed by atoms with van der Waals surface area (Å²) in [5, 5.41) is 9.23. The van der Waals surface area contributed by atoms with Crippen molar-refractivity contribution in [2.75, 3.05) is 26.3 Å². The van der Waals surface area contributed by atoms with Crippen LogP contribution in [0.2, 0.25) is 0 Å². The number of hydrogen-bond acceptors (Lipinski definition) is 3. The fourth-order valence-corrected chi connectivity index (χ4v) is 2.85. The van der Waals surface area contributed by atoms with Gasteiger partial charge < -0.3 is 4.74 Å². The van der Waals surface area contributed by atoms with Gasteiger partial charge in [0.25, 0.3) is 0 Å². The third-order valence-electron chi connectivity index (χ3n) is 4.27. The second-order valence-electron chi connectivity index (χ2n) is 6.17. The Balaban J connectivity index is 1.66. The lowest BCUT2D eigenvalue weighted by Crippen LogP contribution is -2.35. The predicted octanol–water partition coefficient (Wildman–Crippen LogP) is 3.87. The highest BCUT2D eigenvalue weighted by Gasteiger charge is 2.10. The van der Waals surface area contributed by atoms with Crippen molar-refractivity contribution in [3.05, 3.63) is 70.3 Å². The van der Waals surface area contributed by atoms with Crippen LogP contribution < -0.4 is 0 Å². The minimum absolute atomic E-state index is 0.718. The molecule has 1 aliphatic rings. The van der Waals surface area contributed by atoms with Crippen molar-refractivity contribution in [2.45, 2.75) is 13.5 Å². The summed E-state index contributed by atoms with van der Waals surface area (Å²) in [6.07, 6.45) is 4.07. The molecule has 1 fully saturated rings. The van der Waals surface area contributed by atoms with Crippen molar-refractivity contribution in [1.82, 2.24) is 4.90 Å². The van der Waals surface area contributed by atoms with Crippen molar-refractivity contribution in [1.29, 1.82) is 5.26 Å². The fourth-order valence-electron chi connectivity index (χ4n) is 2.85. The van der Waals surface area contributed by atoms with Gasteiger partial charge in [0.2, 0.25) is 0 Å². The third kappa shape index (κ3) is 4.32. The van der Waals surface area contributed by atoms with Gasteiger partial charge in [-0.25, -0.2) is 0 Å². The van der Waals surface area contributed by atoms with Gasteiger partial charge in [-0.2, -0.15) is 5.26 Å². The first kappa shape index (κ1) is 16.4. The normalized spacial score (nSPS) is 15.5. The molecule has 1 aliphatic heterocycles. The summed E-state index contributed by atoms with van der Waals surface area (Å²) in [5.74, 6) is 0. The Morgan fingerprint density at radius 1 is 1.08 bits per heavy atom. The highest BCUT2D eigenvalue weighted by molar-refractivity contribution is 5.72. The number of hydrogen-bond donors (Lipinski definition) is 0. The molecular formula is C21H22N2O. The van der Waals surface area contributed by atoms with Crippen LogP contribution >= 0.6 is 0 Å². The minimum Gasteiger partial charge on any atom is -0.379 e. The Bertz CT molecular complexity index is 750. The Morgan fingerprint density at radius 2 is 1.83 bits per heavy atom. The standard InChI is InChI=1S/C21H22N2O/c1-17-2-8-20(21(14-17)15-22)9-7-18-3-5-19(6-4-18)16-23-10-12-24-13-11-23/h2-9,14H,10-13,16H2,1H3. The lowest BCUT2D eigenvalue weighted by molar-refractivity contribution is 0.0342. The lowest BCUT2D eigenvalue weighted by atomic mass is 10.0. The van der Waals surface area contributed by atoms with Crippen LogP contribution in [-0.4, -0.2) is 31.2 Å². The van der Waals surface area contributed by atoms with Gasteiger partial charge in [-0.15, -0.1) is 0 Å². The summed E-state index contributed by atoms with van der Waals surface area (Å²) in [7, 11) is 0. The van der Waals surface area contributed by atoms with Crippen LogP contribution in [0, 0.1) is 18.3 Å². The first-order valence-electron chi connectivity index (χ1n) is 8.32. The molecule has 24 heavy (non-hydrogen) atoms. The molecule has 2 aromatic carbocycles. The predicted molar refractivity (Wildman–Crippen MR) is 97.4 cm³/mol. The van der Waals surface area contributed by atoms with E-state index in [9.17, 15) is 5.26 Å². The zero-order valence-electron chi connectivity index (χ0n) is 14.0. The largest absolute Gasteiger partial charge is 0.379 e. The van der Waals surface area contributed by atoms with E-state index >= 15 is 0 Å². The van der Waals surface area contributed by atoms with Crippen LogP contribution in [0.25, 0.3) is 12.2 Å². The van der Waals surface area contributed by atoms with E-state index < -0.39 is 0 Å². The van der Waals surface area contributed by atoms with E-state index in [2.05, 4.69) is 41.3 Å². The zero-order valence-corrected chi connectivity index (χ0v) is 14.0. The molecule has 1 heterocycles. The van der Waals surface area contributed by atoms with Crippen molar-refractivity contribution in [2.24, 2.45) is 0 Å². The molecule has 1 saturated heterocycles. The summed E-state index contributed by atoms with van der Waals surface area (Å²) in [5.41, 5.74) is 5.25. The number of ether oxygens (including phenoxy) is 1. The summed E-state index contributed by atoms with van der Waals surface area (Å²) < 4.78 is 5.38. The summed E-state index contributed by atoms with van der Waals surface area (Å²) in [6, 6.07) is 16.8. The number of morpholine rings is 1. The van der Waals surface area contributed by atoms with Crippen molar-refractivity contribution in [3.63, 3.8) is 0 Å². The van der Waals surface area contributed by atoms with Gasteiger partial charge in [0.15, 0.2) is 0 Å². The number of benzene rings is 2.